The first kappa shape index (κ1) is 22.6. The third kappa shape index (κ3) is 4.80. The summed E-state index contributed by atoms with van der Waals surface area (Å²) in [5, 5.41) is 2.20. The van der Waals surface area contributed by atoms with Gasteiger partial charge in [0.25, 0.3) is 0 Å². The number of ketones is 1. The van der Waals surface area contributed by atoms with E-state index in [0.717, 1.165) is 63.8 Å². The van der Waals surface area contributed by atoms with Crippen LogP contribution in [0.4, 0.5) is 0 Å². The number of carbonyl (C=O) groups excluding carboxylic acids is 1. The van der Waals surface area contributed by atoms with Crippen LogP contribution in [-0.2, 0) is 16.0 Å². The Labute approximate surface area is 206 Å². The molecule has 3 aliphatic heterocycles. The van der Waals surface area contributed by atoms with Crippen LogP contribution in [0.1, 0.15) is 49.3 Å². The fourth-order valence-corrected chi connectivity index (χ4v) is 5.75. The molecular weight excluding hydrogens is 438 g/mol. The van der Waals surface area contributed by atoms with Crippen LogP contribution < -0.4 is 19.9 Å². The maximum Gasteiger partial charge on any atom is 0.160 e. The Morgan fingerprint density at radius 2 is 1.89 bits per heavy atom. The van der Waals surface area contributed by atoms with E-state index >= 15 is 0 Å². The number of piperidine rings is 1. The largest absolute Gasteiger partial charge is 0.492 e. The lowest BCUT2D eigenvalue weighted by molar-refractivity contribution is -0.114. The molecule has 6 rings (SSSR count). The highest BCUT2D eigenvalue weighted by atomic mass is 16.5. The van der Waals surface area contributed by atoms with Crippen molar-refractivity contribution in [3.8, 4) is 11.5 Å². The van der Waals surface area contributed by atoms with Crippen LogP contribution in [0.3, 0.4) is 0 Å². The van der Waals surface area contributed by atoms with Crippen LogP contribution in [0.25, 0.3) is 11.6 Å². The summed E-state index contributed by atoms with van der Waals surface area (Å²) in [5.41, 5.74) is 4.34. The minimum absolute atomic E-state index is 0.0658. The SMILES string of the molecule is O=C1C=C2CC(c3ccc(OCCN4CCCCC4)cc3)OCC2=c2ccc3c(c2C1)OCCC=3. The van der Waals surface area contributed by atoms with E-state index in [1.165, 1.54) is 32.4 Å². The first-order valence-electron chi connectivity index (χ1n) is 13.0. The van der Waals surface area contributed by atoms with Crippen molar-refractivity contribution in [2.75, 3.05) is 39.5 Å². The number of hydrogen-bond donors (Lipinski definition) is 0. The summed E-state index contributed by atoms with van der Waals surface area (Å²) in [4.78, 5) is 15.4. The van der Waals surface area contributed by atoms with Gasteiger partial charge in [0, 0.05) is 36.6 Å². The monoisotopic (exact) mass is 471 g/mol. The van der Waals surface area contributed by atoms with E-state index in [2.05, 4.69) is 35.2 Å². The first-order chi connectivity index (χ1) is 17.2. The number of allylic oxidation sites excluding steroid dienone is 1. The fourth-order valence-electron chi connectivity index (χ4n) is 5.75. The maximum absolute atomic E-state index is 12.9. The predicted molar refractivity (Wildman–Crippen MR) is 136 cm³/mol. The predicted octanol–water partition coefficient (Wildman–Crippen LogP) is 3.48. The van der Waals surface area contributed by atoms with Crippen molar-refractivity contribution in [1.29, 1.82) is 0 Å². The minimum Gasteiger partial charge on any atom is -0.492 e. The molecule has 2 saturated heterocycles. The van der Waals surface area contributed by atoms with Gasteiger partial charge in [-0.3, -0.25) is 9.69 Å². The molecule has 2 aromatic rings. The number of ether oxygens (including phenoxy) is 3. The molecule has 0 radical (unpaired) electrons. The molecular formula is C30H33NO4. The molecule has 0 aromatic heterocycles. The Kier molecular flexibility index (Phi) is 6.45. The van der Waals surface area contributed by atoms with Crippen molar-refractivity contribution >= 4 is 17.4 Å². The summed E-state index contributed by atoms with van der Waals surface area (Å²) in [7, 11) is 0. The van der Waals surface area contributed by atoms with Crippen LogP contribution in [0, 0.1) is 0 Å². The van der Waals surface area contributed by atoms with Crippen LogP contribution in [-0.4, -0.2) is 50.1 Å². The van der Waals surface area contributed by atoms with Gasteiger partial charge in [0.2, 0.25) is 0 Å². The van der Waals surface area contributed by atoms with Crippen LogP contribution in [0.2, 0.25) is 0 Å². The van der Waals surface area contributed by atoms with Gasteiger partial charge < -0.3 is 14.2 Å². The van der Waals surface area contributed by atoms with Gasteiger partial charge in [-0.05, 0) is 66.1 Å². The van der Waals surface area contributed by atoms with Crippen molar-refractivity contribution < 1.29 is 19.0 Å². The maximum atomic E-state index is 12.9. The molecule has 5 heteroatoms. The van der Waals surface area contributed by atoms with Crippen LogP contribution in [0.15, 0.2) is 48.0 Å². The van der Waals surface area contributed by atoms with Gasteiger partial charge in [0.1, 0.15) is 18.1 Å². The molecule has 4 aliphatic rings. The zero-order chi connectivity index (χ0) is 23.6. The van der Waals surface area contributed by atoms with Gasteiger partial charge >= 0.3 is 0 Å². The van der Waals surface area contributed by atoms with E-state index < -0.39 is 0 Å². The second kappa shape index (κ2) is 10.00. The molecule has 1 atom stereocenters. The first-order valence-corrected chi connectivity index (χ1v) is 13.0. The summed E-state index contributed by atoms with van der Waals surface area (Å²) in [6, 6.07) is 12.5. The van der Waals surface area contributed by atoms with E-state index in [4.69, 9.17) is 14.2 Å². The standard InChI is InChI=1S/C30H33NO4/c32-24-17-23-18-29(21-6-9-25(10-7-21)33-16-14-31-12-2-1-3-13-31)35-20-28(23)26-11-8-22-5-4-15-34-30(22)27(26)19-24/h5-11,17,29H,1-4,12-16,18-20H2. The highest BCUT2D eigenvalue weighted by molar-refractivity contribution is 5.96. The Bertz CT molecular complexity index is 1250. The lowest BCUT2D eigenvalue weighted by atomic mass is 9.91. The number of likely N-dealkylation sites (tertiary alicyclic amines) is 1. The van der Waals surface area contributed by atoms with E-state index in [0.29, 0.717) is 26.1 Å². The van der Waals surface area contributed by atoms with E-state index in [-0.39, 0.29) is 11.9 Å². The van der Waals surface area contributed by atoms with Gasteiger partial charge in [-0.2, -0.15) is 0 Å². The van der Waals surface area contributed by atoms with E-state index in [1.807, 2.05) is 18.2 Å². The molecule has 2 fully saturated rings. The molecule has 35 heavy (non-hydrogen) atoms. The number of rotatable bonds is 5. The average molecular weight is 472 g/mol. The normalized spacial score (nSPS) is 22.1. The van der Waals surface area contributed by atoms with Crippen molar-refractivity contribution in [2.45, 2.75) is 44.6 Å². The summed E-state index contributed by atoms with van der Waals surface area (Å²) in [5.74, 6) is 1.91. The summed E-state index contributed by atoms with van der Waals surface area (Å²) in [6.07, 6.45) is 9.91. The zero-order valence-corrected chi connectivity index (χ0v) is 20.3. The van der Waals surface area contributed by atoms with Crippen LogP contribution in [0.5, 0.6) is 11.5 Å². The molecule has 0 amide bonds. The molecule has 5 nitrogen and oxygen atoms in total. The average Bonchev–Trinajstić information content (AvgIpc) is 3.04. The molecule has 1 unspecified atom stereocenters. The summed E-state index contributed by atoms with van der Waals surface area (Å²) >= 11 is 0. The smallest absolute Gasteiger partial charge is 0.160 e. The molecule has 0 spiro atoms. The quantitative estimate of drug-likeness (QED) is 0.668. The van der Waals surface area contributed by atoms with Crippen molar-refractivity contribution in [1.82, 2.24) is 4.90 Å². The third-order valence-corrected chi connectivity index (χ3v) is 7.63. The van der Waals surface area contributed by atoms with Gasteiger partial charge in [0.05, 0.1) is 19.3 Å². The number of hydrogen-bond acceptors (Lipinski definition) is 5. The topological polar surface area (TPSA) is 48.0 Å². The molecule has 1 aliphatic carbocycles. The number of fused-ring (bicyclic) bond motifs is 4. The zero-order valence-electron chi connectivity index (χ0n) is 20.3. The molecule has 2 aromatic carbocycles. The number of benzene rings is 2. The lowest BCUT2D eigenvalue weighted by Gasteiger charge is -2.28. The Hall–Kier alpha value is -2.89. The number of nitrogens with zero attached hydrogens (tertiary/aromatic N) is 1. The van der Waals surface area contributed by atoms with E-state index in [9.17, 15) is 4.79 Å². The highest BCUT2D eigenvalue weighted by Gasteiger charge is 2.28. The van der Waals surface area contributed by atoms with Crippen molar-refractivity contribution in [2.24, 2.45) is 0 Å². The molecule has 182 valence electrons. The van der Waals surface area contributed by atoms with Crippen molar-refractivity contribution in [3.05, 3.63) is 69.6 Å². The third-order valence-electron chi connectivity index (χ3n) is 7.63. The second-order valence-electron chi connectivity index (χ2n) is 9.97. The summed E-state index contributed by atoms with van der Waals surface area (Å²) in [6.45, 7) is 5.25. The molecule has 0 bridgehead atoms. The molecule has 0 N–H and O–H groups in total. The summed E-state index contributed by atoms with van der Waals surface area (Å²) < 4.78 is 18.3. The van der Waals surface area contributed by atoms with Crippen LogP contribution >= 0.6 is 0 Å². The highest BCUT2D eigenvalue weighted by Crippen LogP contribution is 2.36. The second-order valence-corrected chi connectivity index (χ2v) is 9.97. The van der Waals surface area contributed by atoms with Crippen molar-refractivity contribution in [3.63, 3.8) is 0 Å². The fraction of sp³-hybridized carbons (Fsp3) is 0.433. The minimum atomic E-state index is -0.0658. The van der Waals surface area contributed by atoms with E-state index in [1.54, 1.807) is 0 Å². The van der Waals surface area contributed by atoms with Gasteiger partial charge in [-0.15, -0.1) is 0 Å². The Morgan fingerprint density at radius 1 is 1.03 bits per heavy atom. The lowest BCUT2D eigenvalue weighted by Crippen LogP contribution is -2.33. The number of carbonyl (C=O) groups is 1. The molecule has 0 saturated carbocycles. The Morgan fingerprint density at radius 3 is 2.74 bits per heavy atom. The van der Waals surface area contributed by atoms with Gasteiger partial charge in [0.15, 0.2) is 5.78 Å². The molecule has 3 heterocycles. The van der Waals surface area contributed by atoms with Gasteiger partial charge in [-0.1, -0.05) is 36.8 Å². The van der Waals surface area contributed by atoms with Gasteiger partial charge in [-0.25, -0.2) is 0 Å². The Balaban J connectivity index is 1.17.